The molecule has 2 rings (SSSR count). The Balaban J connectivity index is 2.33. The molecule has 1 aromatic heterocycles. The number of hydrogen-bond acceptors (Lipinski definition) is 3. The number of hydrogen-bond donors (Lipinski definition) is 1. The summed E-state index contributed by atoms with van der Waals surface area (Å²) in [7, 11) is 1.80. The van der Waals surface area contributed by atoms with E-state index in [0.717, 1.165) is 11.3 Å². The highest BCUT2D eigenvalue weighted by atomic mass is 19.1. The van der Waals surface area contributed by atoms with Gasteiger partial charge in [-0.15, -0.1) is 0 Å². The first-order valence-corrected chi connectivity index (χ1v) is 6.19. The van der Waals surface area contributed by atoms with Gasteiger partial charge in [0.2, 0.25) is 5.88 Å². The Kier molecular flexibility index (Phi) is 3.85. The van der Waals surface area contributed by atoms with Gasteiger partial charge >= 0.3 is 0 Å². The van der Waals surface area contributed by atoms with Crippen LogP contribution in [0.2, 0.25) is 0 Å². The first-order valence-electron chi connectivity index (χ1n) is 6.19. The molecule has 2 N–H and O–H groups in total. The van der Waals surface area contributed by atoms with Crippen LogP contribution >= 0.6 is 0 Å². The van der Waals surface area contributed by atoms with Crippen molar-refractivity contribution in [3.63, 3.8) is 0 Å². The van der Waals surface area contributed by atoms with E-state index in [1.54, 1.807) is 23.9 Å². The smallest absolute Gasteiger partial charge is 0.221 e. The Morgan fingerprint density at radius 1 is 1.47 bits per heavy atom. The molecule has 1 atom stereocenters. The van der Waals surface area contributed by atoms with Gasteiger partial charge < -0.3 is 10.5 Å². The lowest BCUT2D eigenvalue weighted by Gasteiger charge is -2.10. The van der Waals surface area contributed by atoms with Crippen LogP contribution in [0.25, 0.3) is 0 Å². The molecule has 0 aliphatic rings. The minimum absolute atomic E-state index is 0.0118. The van der Waals surface area contributed by atoms with Gasteiger partial charge in [-0.25, -0.2) is 9.07 Å². The van der Waals surface area contributed by atoms with Crippen molar-refractivity contribution in [1.82, 2.24) is 9.78 Å². The van der Waals surface area contributed by atoms with Crippen LogP contribution in [0.1, 0.15) is 18.2 Å². The van der Waals surface area contributed by atoms with Gasteiger partial charge in [-0.2, -0.15) is 5.10 Å². The van der Waals surface area contributed by atoms with Crippen molar-refractivity contribution < 1.29 is 9.13 Å². The fraction of sp³-hybridized carbons (Fsp3) is 0.357. The van der Waals surface area contributed by atoms with E-state index in [4.69, 9.17) is 10.5 Å². The zero-order chi connectivity index (χ0) is 14.0. The van der Waals surface area contributed by atoms with Crippen molar-refractivity contribution >= 4 is 0 Å². The molecule has 4 nitrogen and oxygen atoms in total. The highest BCUT2D eigenvalue weighted by Crippen LogP contribution is 2.28. The summed E-state index contributed by atoms with van der Waals surface area (Å²) >= 11 is 0. The molecule has 2 aromatic rings. The van der Waals surface area contributed by atoms with Crippen LogP contribution in [0.4, 0.5) is 4.39 Å². The molecule has 0 fully saturated rings. The quantitative estimate of drug-likeness (QED) is 0.922. The van der Waals surface area contributed by atoms with Crippen LogP contribution in [0.5, 0.6) is 11.6 Å². The fourth-order valence-electron chi connectivity index (χ4n) is 2.01. The Bertz CT molecular complexity index is 578. The van der Waals surface area contributed by atoms with E-state index in [1.807, 2.05) is 13.8 Å². The average molecular weight is 263 g/mol. The number of nitrogens with two attached hydrogens (primary N) is 1. The van der Waals surface area contributed by atoms with Gasteiger partial charge in [0.05, 0.1) is 5.69 Å². The number of rotatable bonds is 4. The standard InChI is InChI=1S/C14H18FN3O/c1-9(16)7-13-10(2)17-18(3)14(13)19-12-6-4-5-11(15)8-12/h4-6,8-9H,7,16H2,1-3H3. The molecule has 0 amide bonds. The highest BCUT2D eigenvalue weighted by molar-refractivity contribution is 5.36. The summed E-state index contributed by atoms with van der Waals surface area (Å²) in [4.78, 5) is 0. The van der Waals surface area contributed by atoms with E-state index < -0.39 is 0 Å². The van der Waals surface area contributed by atoms with Crippen molar-refractivity contribution in [3.8, 4) is 11.6 Å². The molecule has 5 heteroatoms. The van der Waals surface area contributed by atoms with E-state index in [2.05, 4.69) is 5.10 Å². The number of nitrogens with zero attached hydrogens (tertiary/aromatic N) is 2. The van der Waals surface area contributed by atoms with Gasteiger partial charge in [0.15, 0.2) is 0 Å². The number of aryl methyl sites for hydroxylation is 2. The number of benzene rings is 1. The molecule has 1 heterocycles. The minimum atomic E-state index is -0.329. The molecule has 1 unspecified atom stereocenters. The molecular weight excluding hydrogens is 245 g/mol. The predicted octanol–water partition coefficient (Wildman–Crippen LogP) is 2.55. The van der Waals surface area contributed by atoms with Crippen molar-refractivity contribution in [3.05, 3.63) is 41.3 Å². The summed E-state index contributed by atoms with van der Waals surface area (Å²) in [6.07, 6.45) is 0.671. The lowest BCUT2D eigenvalue weighted by Crippen LogP contribution is -2.18. The van der Waals surface area contributed by atoms with Crippen LogP contribution in [0.3, 0.4) is 0 Å². The predicted molar refractivity (Wildman–Crippen MR) is 71.8 cm³/mol. The van der Waals surface area contributed by atoms with Gasteiger partial charge in [0.1, 0.15) is 11.6 Å². The summed E-state index contributed by atoms with van der Waals surface area (Å²) < 4.78 is 20.6. The largest absolute Gasteiger partial charge is 0.439 e. The molecule has 0 spiro atoms. The molecule has 0 aliphatic heterocycles. The molecule has 1 aromatic carbocycles. The van der Waals surface area contributed by atoms with E-state index in [0.29, 0.717) is 18.1 Å². The number of ether oxygens (including phenoxy) is 1. The second kappa shape index (κ2) is 5.40. The molecule has 19 heavy (non-hydrogen) atoms. The van der Waals surface area contributed by atoms with Gasteiger partial charge in [-0.1, -0.05) is 6.07 Å². The van der Waals surface area contributed by atoms with Gasteiger partial charge in [0, 0.05) is 24.7 Å². The van der Waals surface area contributed by atoms with Gasteiger partial charge in [-0.3, -0.25) is 0 Å². The maximum atomic E-state index is 13.2. The normalized spacial score (nSPS) is 12.5. The average Bonchev–Trinajstić information content (AvgIpc) is 2.56. The van der Waals surface area contributed by atoms with Crippen molar-refractivity contribution in [2.45, 2.75) is 26.3 Å². The Morgan fingerprint density at radius 3 is 2.84 bits per heavy atom. The zero-order valence-electron chi connectivity index (χ0n) is 11.4. The number of halogens is 1. The molecule has 0 saturated heterocycles. The summed E-state index contributed by atoms with van der Waals surface area (Å²) in [6.45, 7) is 3.84. The SMILES string of the molecule is Cc1nn(C)c(Oc2cccc(F)c2)c1CC(C)N. The van der Waals surface area contributed by atoms with Gasteiger partial charge in [0.25, 0.3) is 0 Å². The molecule has 102 valence electrons. The first kappa shape index (κ1) is 13.5. The third-order valence-electron chi connectivity index (χ3n) is 2.83. The third-order valence-corrected chi connectivity index (χ3v) is 2.83. The van der Waals surface area contributed by atoms with Crippen LogP contribution in [-0.2, 0) is 13.5 Å². The monoisotopic (exact) mass is 263 g/mol. The lowest BCUT2D eigenvalue weighted by atomic mass is 10.1. The number of aromatic nitrogens is 2. The maximum Gasteiger partial charge on any atom is 0.221 e. The molecular formula is C14H18FN3O. The van der Waals surface area contributed by atoms with Crippen LogP contribution < -0.4 is 10.5 Å². The maximum absolute atomic E-state index is 13.2. The molecule has 0 radical (unpaired) electrons. The Morgan fingerprint density at radius 2 is 2.21 bits per heavy atom. The summed E-state index contributed by atoms with van der Waals surface area (Å²) in [5.41, 5.74) is 7.68. The van der Waals surface area contributed by atoms with Crippen LogP contribution in [0, 0.1) is 12.7 Å². The van der Waals surface area contributed by atoms with E-state index >= 15 is 0 Å². The summed E-state index contributed by atoms with van der Waals surface area (Å²) in [5, 5.41) is 4.33. The first-order chi connectivity index (χ1) is 8.97. The topological polar surface area (TPSA) is 53.1 Å². The minimum Gasteiger partial charge on any atom is -0.439 e. The molecule has 0 aliphatic carbocycles. The van der Waals surface area contributed by atoms with Crippen molar-refractivity contribution in [2.24, 2.45) is 12.8 Å². The van der Waals surface area contributed by atoms with E-state index in [9.17, 15) is 4.39 Å². The zero-order valence-corrected chi connectivity index (χ0v) is 11.4. The van der Waals surface area contributed by atoms with Crippen LogP contribution in [0.15, 0.2) is 24.3 Å². The van der Waals surface area contributed by atoms with E-state index in [-0.39, 0.29) is 11.9 Å². The van der Waals surface area contributed by atoms with Crippen molar-refractivity contribution in [2.75, 3.05) is 0 Å². The molecule has 0 bridgehead atoms. The summed E-state index contributed by atoms with van der Waals surface area (Å²) in [6, 6.07) is 6.06. The Labute approximate surface area is 112 Å². The van der Waals surface area contributed by atoms with Crippen LogP contribution in [-0.4, -0.2) is 15.8 Å². The van der Waals surface area contributed by atoms with Crippen molar-refractivity contribution in [1.29, 1.82) is 0 Å². The summed E-state index contributed by atoms with van der Waals surface area (Å²) in [5.74, 6) is 0.736. The molecule has 0 saturated carbocycles. The second-order valence-corrected chi connectivity index (χ2v) is 4.73. The fourth-order valence-corrected chi connectivity index (χ4v) is 2.01. The van der Waals surface area contributed by atoms with E-state index in [1.165, 1.54) is 12.1 Å². The second-order valence-electron chi connectivity index (χ2n) is 4.73. The third kappa shape index (κ3) is 3.12. The highest BCUT2D eigenvalue weighted by Gasteiger charge is 2.16. The Hall–Kier alpha value is -1.88. The van der Waals surface area contributed by atoms with Gasteiger partial charge in [-0.05, 0) is 32.4 Å². The lowest BCUT2D eigenvalue weighted by molar-refractivity contribution is 0.421.